The van der Waals surface area contributed by atoms with Gasteiger partial charge in [0.25, 0.3) is 0 Å². The van der Waals surface area contributed by atoms with Crippen molar-refractivity contribution in [3.8, 4) is 6.07 Å². The third-order valence-electron chi connectivity index (χ3n) is 4.15. The zero-order valence-electron chi connectivity index (χ0n) is 11.6. The summed E-state index contributed by atoms with van der Waals surface area (Å²) in [6.07, 6.45) is 2.51. The predicted octanol–water partition coefficient (Wildman–Crippen LogP) is 3.67. The number of fused-ring (bicyclic) bond motifs is 3. The van der Waals surface area contributed by atoms with E-state index in [4.69, 9.17) is 4.74 Å². The highest BCUT2D eigenvalue weighted by molar-refractivity contribution is 5.98. The van der Waals surface area contributed by atoms with Crippen molar-refractivity contribution in [2.45, 2.75) is 11.6 Å². The van der Waals surface area contributed by atoms with E-state index in [1.165, 1.54) is 4.90 Å². The summed E-state index contributed by atoms with van der Waals surface area (Å²) in [5.41, 5.74) is 1.27. The Bertz CT molecular complexity index is 822. The second-order valence-corrected chi connectivity index (χ2v) is 5.34. The van der Waals surface area contributed by atoms with Crippen molar-refractivity contribution in [3.05, 3.63) is 71.8 Å². The second-order valence-electron chi connectivity index (χ2n) is 5.34. The van der Waals surface area contributed by atoms with E-state index in [0.29, 0.717) is 5.69 Å². The fourth-order valence-electron chi connectivity index (χ4n) is 3.12. The molecule has 0 N–H and O–H groups in total. The molecule has 0 saturated carbocycles. The molecule has 4 heteroatoms. The van der Waals surface area contributed by atoms with Gasteiger partial charge in [0.2, 0.25) is 0 Å². The molecule has 0 spiro atoms. The van der Waals surface area contributed by atoms with Crippen molar-refractivity contribution < 1.29 is 9.53 Å². The molecule has 2 aromatic rings. The number of carbonyl (C=O) groups excluding carboxylic acids is 1. The van der Waals surface area contributed by atoms with E-state index in [-0.39, 0.29) is 0 Å². The minimum absolute atomic E-state index is 0.493. The van der Waals surface area contributed by atoms with Gasteiger partial charge < -0.3 is 4.74 Å². The van der Waals surface area contributed by atoms with Crippen LogP contribution in [-0.2, 0) is 4.74 Å². The molecule has 2 atom stereocenters. The van der Waals surface area contributed by atoms with E-state index in [2.05, 4.69) is 6.07 Å². The number of anilines is 1. The summed E-state index contributed by atoms with van der Waals surface area (Å²) in [4.78, 5) is 13.9. The number of rotatable bonds is 1. The molecule has 2 aliphatic rings. The molecule has 22 heavy (non-hydrogen) atoms. The maximum Gasteiger partial charge on any atom is 0.416 e. The van der Waals surface area contributed by atoms with E-state index in [0.717, 1.165) is 11.1 Å². The molecular formula is C18H12N2O2. The molecule has 2 aliphatic heterocycles. The third kappa shape index (κ3) is 1.54. The largest absolute Gasteiger partial charge is 0.437 e. The Labute approximate surface area is 127 Å². The minimum Gasteiger partial charge on any atom is -0.437 e. The maximum atomic E-state index is 12.4. The molecule has 0 aliphatic carbocycles. The highest BCUT2D eigenvalue weighted by Gasteiger charge is 2.57. The molecule has 2 aromatic carbocycles. The lowest BCUT2D eigenvalue weighted by Crippen LogP contribution is -2.47. The van der Waals surface area contributed by atoms with E-state index in [9.17, 15) is 10.1 Å². The van der Waals surface area contributed by atoms with Crippen molar-refractivity contribution in [2.24, 2.45) is 0 Å². The van der Waals surface area contributed by atoms with Crippen LogP contribution in [0.3, 0.4) is 0 Å². The third-order valence-corrected chi connectivity index (χ3v) is 4.15. The first-order chi connectivity index (χ1) is 10.8. The Morgan fingerprint density at radius 3 is 2.59 bits per heavy atom. The number of ether oxygens (including phenoxy) is 1. The first-order valence-corrected chi connectivity index (χ1v) is 7.01. The van der Waals surface area contributed by atoms with E-state index in [1.54, 1.807) is 6.08 Å². The van der Waals surface area contributed by atoms with Crippen molar-refractivity contribution in [1.29, 1.82) is 5.26 Å². The highest BCUT2D eigenvalue weighted by Crippen LogP contribution is 2.48. The molecule has 0 radical (unpaired) electrons. The Kier molecular flexibility index (Phi) is 2.57. The fourth-order valence-corrected chi connectivity index (χ4v) is 3.12. The van der Waals surface area contributed by atoms with Crippen LogP contribution in [-0.4, -0.2) is 11.6 Å². The summed E-state index contributed by atoms with van der Waals surface area (Å²) in [5.74, 6) is 0. The molecule has 1 saturated heterocycles. The second kappa shape index (κ2) is 4.47. The molecule has 106 valence electrons. The number of carbonyl (C=O) groups is 1. The van der Waals surface area contributed by atoms with Crippen LogP contribution in [0.2, 0.25) is 0 Å². The predicted molar refractivity (Wildman–Crippen MR) is 82.0 cm³/mol. The molecular weight excluding hydrogens is 276 g/mol. The quantitative estimate of drug-likeness (QED) is 0.804. The molecule has 2 heterocycles. The number of nitriles is 1. The fraction of sp³-hybridized carbons (Fsp3) is 0.111. The first-order valence-electron chi connectivity index (χ1n) is 7.01. The van der Waals surface area contributed by atoms with Crippen LogP contribution in [0.4, 0.5) is 10.5 Å². The number of hydrogen-bond donors (Lipinski definition) is 0. The minimum atomic E-state index is -1.15. The molecule has 0 bridgehead atoms. The Morgan fingerprint density at radius 1 is 1.09 bits per heavy atom. The first kappa shape index (κ1) is 12.7. The summed E-state index contributed by atoms with van der Waals surface area (Å²) >= 11 is 0. The van der Waals surface area contributed by atoms with Crippen LogP contribution in [0.25, 0.3) is 6.08 Å². The number of cyclic esters (lactones) is 1. The van der Waals surface area contributed by atoms with Gasteiger partial charge in [0.05, 0.1) is 5.69 Å². The van der Waals surface area contributed by atoms with Gasteiger partial charge >= 0.3 is 6.09 Å². The Balaban J connectivity index is 1.92. The average Bonchev–Trinajstić information content (AvgIpc) is 2.89. The molecule has 4 rings (SSSR count). The molecule has 2 unspecified atom stereocenters. The summed E-state index contributed by atoms with van der Waals surface area (Å²) in [5, 5.41) is 9.85. The van der Waals surface area contributed by atoms with Gasteiger partial charge in [-0.1, -0.05) is 54.6 Å². The van der Waals surface area contributed by atoms with E-state index < -0.39 is 17.7 Å². The van der Waals surface area contributed by atoms with Gasteiger partial charge in [-0.25, -0.2) is 4.79 Å². The lowest BCUT2D eigenvalue weighted by molar-refractivity contribution is 0.129. The van der Waals surface area contributed by atoms with Crippen LogP contribution in [0.1, 0.15) is 17.2 Å². The van der Waals surface area contributed by atoms with Gasteiger partial charge in [-0.05, 0) is 23.3 Å². The number of amides is 1. The number of nitrogens with zero attached hydrogens (tertiary/aromatic N) is 2. The number of hydrogen-bond acceptors (Lipinski definition) is 3. The lowest BCUT2D eigenvalue weighted by Gasteiger charge is -2.34. The normalized spacial score (nSPS) is 25.1. The summed E-state index contributed by atoms with van der Waals surface area (Å²) < 4.78 is 5.56. The molecule has 1 fully saturated rings. The van der Waals surface area contributed by atoms with E-state index >= 15 is 0 Å². The van der Waals surface area contributed by atoms with Crippen LogP contribution in [0.5, 0.6) is 0 Å². The Hall–Kier alpha value is -3.06. The van der Waals surface area contributed by atoms with Gasteiger partial charge in [0.1, 0.15) is 6.07 Å². The molecule has 4 nitrogen and oxygen atoms in total. The van der Waals surface area contributed by atoms with Crippen molar-refractivity contribution in [3.63, 3.8) is 0 Å². The Morgan fingerprint density at radius 2 is 1.82 bits per heavy atom. The van der Waals surface area contributed by atoms with Crippen LogP contribution >= 0.6 is 0 Å². The number of benzene rings is 2. The lowest BCUT2D eigenvalue weighted by atomic mass is 9.84. The SMILES string of the molecule is N#CC12C=Cc3ccccc3N1C(=O)OC2c1ccccc1. The van der Waals surface area contributed by atoms with Gasteiger partial charge in [0.15, 0.2) is 11.6 Å². The summed E-state index contributed by atoms with van der Waals surface area (Å²) in [7, 11) is 0. The summed E-state index contributed by atoms with van der Waals surface area (Å²) in [6, 6.07) is 19.2. The smallest absolute Gasteiger partial charge is 0.416 e. The zero-order chi connectivity index (χ0) is 15.2. The average molecular weight is 288 g/mol. The monoisotopic (exact) mass is 288 g/mol. The topological polar surface area (TPSA) is 53.3 Å². The standard InChI is InChI=1S/C18H12N2O2/c19-12-18-11-10-13-6-4-5-9-15(13)20(18)17(21)22-16(18)14-7-2-1-3-8-14/h1-11,16H. The van der Waals surface area contributed by atoms with Crippen LogP contribution < -0.4 is 4.90 Å². The highest BCUT2D eigenvalue weighted by atomic mass is 16.6. The van der Waals surface area contributed by atoms with Gasteiger partial charge in [-0.3, -0.25) is 4.90 Å². The van der Waals surface area contributed by atoms with Crippen molar-refractivity contribution in [1.82, 2.24) is 0 Å². The molecule has 0 aromatic heterocycles. The van der Waals surface area contributed by atoms with Crippen molar-refractivity contribution >= 4 is 17.9 Å². The van der Waals surface area contributed by atoms with E-state index in [1.807, 2.05) is 60.7 Å². The number of para-hydroxylation sites is 1. The van der Waals surface area contributed by atoms with Gasteiger partial charge in [0, 0.05) is 0 Å². The van der Waals surface area contributed by atoms with Crippen LogP contribution in [0, 0.1) is 11.3 Å². The molecule has 1 amide bonds. The zero-order valence-corrected chi connectivity index (χ0v) is 11.6. The van der Waals surface area contributed by atoms with Gasteiger partial charge in [-0.15, -0.1) is 0 Å². The van der Waals surface area contributed by atoms with Crippen LogP contribution in [0.15, 0.2) is 60.7 Å². The van der Waals surface area contributed by atoms with Crippen molar-refractivity contribution in [2.75, 3.05) is 4.90 Å². The van der Waals surface area contributed by atoms with Gasteiger partial charge in [-0.2, -0.15) is 5.26 Å². The summed E-state index contributed by atoms with van der Waals surface area (Å²) in [6.45, 7) is 0. The maximum absolute atomic E-state index is 12.4.